The van der Waals surface area contributed by atoms with Crippen LogP contribution in [0.15, 0.2) is 0 Å². The standard InChI is InChI=1S/C10H19NO2S/c1-10(2,13-3)9(12)11-8-5-4-6-14-7-8/h8H,4-7H2,1-3H3,(H,11,12). The number of carbonyl (C=O) groups is 1. The zero-order valence-electron chi connectivity index (χ0n) is 9.13. The van der Waals surface area contributed by atoms with Crippen molar-refractivity contribution in [1.29, 1.82) is 0 Å². The molecule has 1 N–H and O–H groups in total. The van der Waals surface area contributed by atoms with Crippen molar-refractivity contribution in [3.8, 4) is 0 Å². The van der Waals surface area contributed by atoms with E-state index in [-0.39, 0.29) is 5.91 Å². The molecule has 0 aliphatic carbocycles. The summed E-state index contributed by atoms with van der Waals surface area (Å²) in [5.74, 6) is 2.25. The van der Waals surface area contributed by atoms with Gasteiger partial charge in [0.25, 0.3) is 5.91 Å². The average molecular weight is 217 g/mol. The Morgan fingerprint density at radius 2 is 2.29 bits per heavy atom. The number of ether oxygens (including phenoxy) is 1. The third kappa shape index (κ3) is 3.17. The van der Waals surface area contributed by atoms with Crippen molar-refractivity contribution in [2.24, 2.45) is 0 Å². The number of nitrogens with one attached hydrogen (secondary N) is 1. The van der Waals surface area contributed by atoms with Crippen molar-refractivity contribution >= 4 is 17.7 Å². The van der Waals surface area contributed by atoms with E-state index < -0.39 is 5.60 Å². The Labute approximate surface area is 90.0 Å². The molecule has 0 saturated carbocycles. The van der Waals surface area contributed by atoms with E-state index in [9.17, 15) is 4.79 Å². The summed E-state index contributed by atoms with van der Waals surface area (Å²) >= 11 is 1.91. The summed E-state index contributed by atoms with van der Waals surface area (Å²) in [6.07, 6.45) is 2.29. The predicted molar refractivity (Wildman–Crippen MR) is 59.6 cm³/mol. The zero-order valence-corrected chi connectivity index (χ0v) is 9.95. The third-order valence-electron chi connectivity index (χ3n) is 2.55. The molecule has 1 fully saturated rings. The summed E-state index contributed by atoms with van der Waals surface area (Å²) in [7, 11) is 1.56. The second-order valence-corrected chi connectivity index (χ2v) is 5.25. The second-order valence-electron chi connectivity index (χ2n) is 4.10. The number of hydrogen-bond acceptors (Lipinski definition) is 3. The molecule has 1 rings (SSSR count). The van der Waals surface area contributed by atoms with E-state index in [4.69, 9.17) is 4.74 Å². The molecule has 0 spiro atoms. The molecule has 4 heteroatoms. The van der Waals surface area contributed by atoms with Crippen molar-refractivity contribution in [3.05, 3.63) is 0 Å². The molecule has 1 saturated heterocycles. The van der Waals surface area contributed by atoms with Gasteiger partial charge in [-0.05, 0) is 32.4 Å². The van der Waals surface area contributed by atoms with Crippen LogP contribution in [0.2, 0.25) is 0 Å². The summed E-state index contributed by atoms with van der Waals surface area (Å²) in [5.41, 5.74) is -0.706. The van der Waals surface area contributed by atoms with Crippen LogP contribution in [0.5, 0.6) is 0 Å². The molecule has 0 aromatic heterocycles. The lowest BCUT2D eigenvalue weighted by Crippen LogP contribution is -2.49. The second kappa shape index (κ2) is 5.03. The molecule has 0 bridgehead atoms. The monoisotopic (exact) mass is 217 g/mol. The quantitative estimate of drug-likeness (QED) is 0.777. The van der Waals surface area contributed by atoms with Crippen molar-refractivity contribution < 1.29 is 9.53 Å². The molecule has 1 unspecified atom stereocenters. The minimum absolute atomic E-state index is 0.00694. The predicted octanol–water partition coefficient (Wildman–Crippen LogP) is 1.42. The van der Waals surface area contributed by atoms with Gasteiger partial charge in [-0.15, -0.1) is 0 Å². The van der Waals surface area contributed by atoms with E-state index in [1.54, 1.807) is 21.0 Å². The fourth-order valence-electron chi connectivity index (χ4n) is 1.31. The number of carbonyl (C=O) groups excluding carboxylic acids is 1. The molecule has 82 valence electrons. The number of amides is 1. The van der Waals surface area contributed by atoms with Gasteiger partial charge in [0, 0.05) is 18.9 Å². The van der Waals surface area contributed by atoms with E-state index in [1.807, 2.05) is 11.8 Å². The topological polar surface area (TPSA) is 38.3 Å². The van der Waals surface area contributed by atoms with Gasteiger partial charge >= 0.3 is 0 Å². The first kappa shape index (κ1) is 11.9. The smallest absolute Gasteiger partial charge is 0.251 e. The average Bonchev–Trinajstić information content (AvgIpc) is 2.19. The summed E-state index contributed by atoms with van der Waals surface area (Å²) < 4.78 is 5.12. The number of rotatable bonds is 3. The van der Waals surface area contributed by atoms with Gasteiger partial charge in [-0.3, -0.25) is 4.79 Å². The Balaban J connectivity index is 2.39. The van der Waals surface area contributed by atoms with Gasteiger partial charge in [-0.1, -0.05) is 0 Å². The fourth-order valence-corrected chi connectivity index (χ4v) is 2.38. The Hall–Kier alpha value is -0.220. The molecule has 1 heterocycles. The van der Waals surface area contributed by atoms with Crippen LogP contribution in [-0.2, 0) is 9.53 Å². The minimum atomic E-state index is -0.706. The molecule has 1 aliphatic heterocycles. The Bertz CT molecular complexity index is 200. The van der Waals surface area contributed by atoms with Gasteiger partial charge in [0.1, 0.15) is 5.60 Å². The number of thioether (sulfide) groups is 1. The first-order valence-corrected chi connectivity index (χ1v) is 6.15. The zero-order chi connectivity index (χ0) is 10.6. The van der Waals surface area contributed by atoms with Crippen LogP contribution < -0.4 is 5.32 Å². The van der Waals surface area contributed by atoms with Crippen LogP contribution in [0.4, 0.5) is 0 Å². The Kier molecular flexibility index (Phi) is 4.26. The maximum absolute atomic E-state index is 11.7. The fraction of sp³-hybridized carbons (Fsp3) is 0.900. The Morgan fingerprint density at radius 3 is 2.79 bits per heavy atom. The van der Waals surface area contributed by atoms with Gasteiger partial charge in [0.15, 0.2) is 0 Å². The molecular formula is C10H19NO2S. The number of methoxy groups -OCH3 is 1. The van der Waals surface area contributed by atoms with Crippen LogP contribution in [0, 0.1) is 0 Å². The molecule has 0 radical (unpaired) electrons. The molecular weight excluding hydrogens is 198 g/mol. The number of hydrogen-bond donors (Lipinski definition) is 1. The minimum Gasteiger partial charge on any atom is -0.369 e. The van der Waals surface area contributed by atoms with Crippen LogP contribution in [0.25, 0.3) is 0 Å². The molecule has 0 aromatic rings. The lowest BCUT2D eigenvalue weighted by molar-refractivity contribution is -0.140. The highest BCUT2D eigenvalue weighted by molar-refractivity contribution is 7.99. The highest BCUT2D eigenvalue weighted by Crippen LogP contribution is 2.18. The van der Waals surface area contributed by atoms with E-state index in [2.05, 4.69) is 5.32 Å². The van der Waals surface area contributed by atoms with Crippen molar-refractivity contribution in [2.45, 2.75) is 38.3 Å². The van der Waals surface area contributed by atoms with Gasteiger partial charge < -0.3 is 10.1 Å². The van der Waals surface area contributed by atoms with Gasteiger partial charge in [-0.2, -0.15) is 11.8 Å². The van der Waals surface area contributed by atoms with Crippen molar-refractivity contribution in [1.82, 2.24) is 5.32 Å². The molecule has 3 nitrogen and oxygen atoms in total. The maximum atomic E-state index is 11.7. The molecule has 1 atom stereocenters. The molecule has 0 aromatic carbocycles. The highest BCUT2D eigenvalue weighted by atomic mass is 32.2. The van der Waals surface area contributed by atoms with E-state index >= 15 is 0 Å². The maximum Gasteiger partial charge on any atom is 0.251 e. The van der Waals surface area contributed by atoms with Gasteiger partial charge in [-0.25, -0.2) is 0 Å². The van der Waals surface area contributed by atoms with Crippen molar-refractivity contribution in [2.75, 3.05) is 18.6 Å². The highest BCUT2D eigenvalue weighted by Gasteiger charge is 2.29. The van der Waals surface area contributed by atoms with Crippen LogP contribution >= 0.6 is 11.8 Å². The first-order chi connectivity index (χ1) is 6.56. The molecule has 1 aliphatic rings. The normalized spacial score (nSPS) is 23.2. The summed E-state index contributed by atoms with van der Waals surface area (Å²) in [6, 6.07) is 0.329. The summed E-state index contributed by atoms with van der Waals surface area (Å²) in [6.45, 7) is 3.58. The van der Waals surface area contributed by atoms with E-state index in [1.165, 1.54) is 12.2 Å². The lowest BCUT2D eigenvalue weighted by atomic mass is 10.1. The SMILES string of the molecule is COC(C)(C)C(=O)NC1CCCSC1. The molecule has 14 heavy (non-hydrogen) atoms. The largest absolute Gasteiger partial charge is 0.369 e. The summed E-state index contributed by atoms with van der Waals surface area (Å²) in [5, 5.41) is 3.03. The van der Waals surface area contributed by atoms with Crippen LogP contribution in [0.1, 0.15) is 26.7 Å². The van der Waals surface area contributed by atoms with Gasteiger partial charge in [0.05, 0.1) is 0 Å². The van der Waals surface area contributed by atoms with E-state index in [0.717, 1.165) is 12.2 Å². The first-order valence-electron chi connectivity index (χ1n) is 5.00. The van der Waals surface area contributed by atoms with Crippen molar-refractivity contribution in [3.63, 3.8) is 0 Å². The Morgan fingerprint density at radius 1 is 1.57 bits per heavy atom. The van der Waals surface area contributed by atoms with Crippen LogP contribution in [0.3, 0.4) is 0 Å². The van der Waals surface area contributed by atoms with Crippen LogP contribution in [-0.4, -0.2) is 36.2 Å². The van der Waals surface area contributed by atoms with E-state index in [0.29, 0.717) is 6.04 Å². The summed E-state index contributed by atoms with van der Waals surface area (Å²) in [4.78, 5) is 11.7. The molecule has 1 amide bonds. The lowest BCUT2D eigenvalue weighted by Gasteiger charge is -2.28. The third-order valence-corrected chi connectivity index (χ3v) is 3.77. The van der Waals surface area contributed by atoms with Gasteiger partial charge in [0.2, 0.25) is 0 Å².